The summed E-state index contributed by atoms with van der Waals surface area (Å²) in [5.74, 6) is -1.22. The van der Waals surface area contributed by atoms with Gasteiger partial charge in [-0.25, -0.2) is 18.4 Å². The third-order valence-electron chi connectivity index (χ3n) is 4.70. The van der Waals surface area contributed by atoms with Crippen LogP contribution in [0, 0.1) is 13.8 Å². The minimum atomic E-state index is -3.98. The molecule has 30 heavy (non-hydrogen) atoms. The number of aryl methyl sites for hydroxylation is 3. The molecule has 0 aliphatic heterocycles. The molecule has 1 aromatic heterocycles. The van der Waals surface area contributed by atoms with Crippen molar-refractivity contribution in [2.24, 2.45) is 12.2 Å². The third kappa shape index (κ3) is 4.67. The Morgan fingerprint density at radius 2 is 1.50 bits per heavy atom. The molecule has 0 radical (unpaired) electrons. The van der Waals surface area contributed by atoms with Crippen molar-refractivity contribution in [3.05, 3.63) is 88.7 Å². The van der Waals surface area contributed by atoms with E-state index >= 15 is 0 Å². The molecule has 0 saturated heterocycles. The second kappa shape index (κ2) is 8.25. The van der Waals surface area contributed by atoms with Crippen molar-refractivity contribution in [2.45, 2.75) is 24.8 Å². The first-order valence-electron chi connectivity index (χ1n) is 9.14. The van der Waals surface area contributed by atoms with Gasteiger partial charge in [-0.3, -0.25) is 4.79 Å². The molecule has 3 aromatic rings. The number of nitrogens with two attached hydrogens (primary N) is 1. The Bertz CT molecular complexity index is 1190. The molecule has 1 atom stereocenters. The van der Waals surface area contributed by atoms with E-state index in [0.717, 1.165) is 17.2 Å². The average Bonchev–Trinajstić information content (AvgIpc) is 3.09. The van der Waals surface area contributed by atoms with Crippen molar-refractivity contribution in [2.75, 3.05) is 0 Å². The first-order chi connectivity index (χ1) is 14.1. The quantitative estimate of drug-likeness (QED) is 0.481. The predicted molar refractivity (Wildman–Crippen MR) is 112 cm³/mol. The van der Waals surface area contributed by atoms with Gasteiger partial charge in [0, 0.05) is 24.4 Å². The van der Waals surface area contributed by atoms with E-state index in [0.29, 0.717) is 11.1 Å². The Morgan fingerprint density at radius 3 is 2.00 bits per heavy atom. The van der Waals surface area contributed by atoms with Gasteiger partial charge in [-0.05, 0) is 19.9 Å². The van der Waals surface area contributed by atoms with E-state index in [1.54, 1.807) is 36.4 Å². The number of sulfonamides is 1. The van der Waals surface area contributed by atoms with Crippen molar-refractivity contribution in [3.63, 3.8) is 0 Å². The number of hydrogen-bond donors (Lipinski definition) is 1. The molecule has 0 unspecified atom stereocenters. The Morgan fingerprint density at radius 1 is 0.967 bits per heavy atom. The molecule has 0 bridgehead atoms. The fraction of sp³-hybridized carbons (Fsp3) is 0.182. The highest BCUT2D eigenvalue weighted by molar-refractivity contribution is 7.89. The Kier molecular flexibility index (Phi) is 5.91. The largest absolute Gasteiger partial charge is 0.444 e. The maximum atomic E-state index is 13.2. The molecule has 1 heterocycles. The van der Waals surface area contributed by atoms with Gasteiger partial charge in [-0.15, -0.1) is 0 Å². The highest BCUT2D eigenvalue weighted by Gasteiger charge is 2.28. The number of ether oxygens (including phenoxy) is 1. The van der Waals surface area contributed by atoms with E-state index in [9.17, 15) is 18.0 Å². The fourth-order valence-electron chi connectivity index (χ4n) is 2.94. The molecule has 7 nitrogen and oxygen atoms in total. The van der Waals surface area contributed by atoms with Gasteiger partial charge in [0.1, 0.15) is 10.6 Å². The molecule has 2 aromatic carbocycles. The summed E-state index contributed by atoms with van der Waals surface area (Å²) in [6, 6.07) is 15.2. The molecule has 0 amide bonds. The van der Waals surface area contributed by atoms with Crippen LogP contribution in [0.1, 0.15) is 43.6 Å². The molecule has 8 heteroatoms. The Labute approximate surface area is 175 Å². The molecular formula is C22H22N2O5S. The lowest BCUT2D eigenvalue weighted by molar-refractivity contribution is 0.0271. The number of esters is 1. The predicted octanol–water partition coefficient (Wildman–Crippen LogP) is 3.07. The van der Waals surface area contributed by atoms with Gasteiger partial charge >= 0.3 is 5.97 Å². The van der Waals surface area contributed by atoms with E-state index in [4.69, 9.17) is 9.88 Å². The van der Waals surface area contributed by atoms with Crippen molar-refractivity contribution in [1.82, 2.24) is 4.57 Å². The maximum Gasteiger partial charge on any atom is 0.356 e. The standard InChI is InChI=1S/C22H22N2O5S/c1-14-4-8-16(9-5-14)20(25)21(17-10-6-15(2)7-11-17)29-22(26)19-12-18(13-24(19)3)30(23,27)28/h4-13,21H,1-3H3,(H2,23,27,28)/t21-/m0/s1. The van der Waals surface area contributed by atoms with Crippen LogP contribution >= 0.6 is 0 Å². The molecular weight excluding hydrogens is 404 g/mol. The van der Waals surface area contributed by atoms with E-state index in [-0.39, 0.29) is 16.4 Å². The number of primary sulfonamides is 1. The van der Waals surface area contributed by atoms with Crippen molar-refractivity contribution < 1.29 is 22.7 Å². The molecule has 0 saturated carbocycles. The number of ketones is 1. The van der Waals surface area contributed by atoms with E-state index in [2.05, 4.69) is 0 Å². The zero-order valence-electron chi connectivity index (χ0n) is 16.8. The summed E-state index contributed by atoms with van der Waals surface area (Å²) in [5.41, 5.74) is 2.87. The average molecular weight is 426 g/mol. The van der Waals surface area contributed by atoms with Crippen molar-refractivity contribution >= 4 is 21.8 Å². The summed E-state index contributed by atoms with van der Waals surface area (Å²) >= 11 is 0. The number of benzene rings is 2. The maximum absolute atomic E-state index is 13.2. The fourth-order valence-corrected chi connectivity index (χ4v) is 3.52. The van der Waals surface area contributed by atoms with Crippen LogP contribution in [-0.2, 0) is 21.8 Å². The lowest BCUT2D eigenvalue weighted by atomic mass is 9.98. The normalized spacial score (nSPS) is 12.4. The topological polar surface area (TPSA) is 108 Å². The zero-order valence-corrected chi connectivity index (χ0v) is 17.6. The van der Waals surface area contributed by atoms with Crippen LogP contribution in [-0.4, -0.2) is 24.7 Å². The van der Waals surface area contributed by atoms with E-state index in [1.807, 2.05) is 26.0 Å². The minimum Gasteiger partial charge on any atom is -0.444 e. The lowest BCUT2D eigenvalue weighted by Crippen LogP contribution is -2.21. The third-order valence-corrected chi connectivity index (χ3v) is 5.58. The van der Waals surface area contributed by atoms with Crippen LogP contribution in [0.2, 0.25) is 0 Å². The van der Waals surface area contributed by atoms with Crippen molar-refractivity contribution in [3.8, 4) is 0 Å². The first kappa shape index (κ1) is 21.5. The molecule has 2 N–H and O–H groups in total. The van der Waals surface area contributed by atoms with Crippen LogP contribution in [0.5, 0.6) is 0 Å². The van der Waals surface area contributed by atoms with Crippen LogP contribution in [0.15, 0.2) is 65.7 Å². The number of rotatable bonds is 6. The minimum absolute atomic E-state index is 0.0344. The molecule has 156 valence electrons. The second-order valence-electron chi connectivity index (χ2n) is 7.14. The molecule has 3 rings (SSSR count). The Hall–Kier alpha value is -3.23. The van der Waals surface area contributed by atoms with Crippen LogP contribution in [0.4, 0.5) is 0 Å². The summed E-state index contributed by atoms with van der Waals surface area (Å²) < 4.78 is 30.0. The van der Waals surface area contributed by atoms with E-state index in [1.165, 1.54) is 17.8 Å². The first-order valence-corrected chi connectivity index (χ1v) is 10.7. The highest BCUT2D eigenvalue weighted by Crippen LogP contribution is 2.25. The SMILES string of the molecule is Cc1ccc(C(=O)[C@@H](OC(=O)c2cc(S(N)(=O)=O)cn2C)c2ccc(C)cc2)cc1. The molecule has 0 aliphatic carbocycles. The number of carbonyl (C=O) groups is 2. The smallest absolute Gasteiger partial charge is 0.356 e. The van der Waals surface area contributed by atoms with E-state index < -0.39 is 22.1 Å². The summed E-state index contributed by atoms with van der Waals surface area (Å²) in [5, 5.41) is 5.13. The number of carbonyl (C=O) groups excluding carboxylic acids is 2. The van der Waals surface area contributed by atoms with Gasteiger partial charge < -0.3 is 9.30 Å². The summed E-state index contributed by atoms with van der Waals surface area (Å²) in [6.45, 7) is 3.82. The number of hydrogen-bond acceptors (Lipinski definition) is 5. The molecule has 0 aliphatic rings. The lowest BCUT2D eigenvalue weighted by Gasteiger charge is -2.18. The number of aromatic nitrogens is 1. The van der Waals surface area contributed by atoms with Gasteiger partial charge in [0.2, 0.25) is 15.8 Å². The summed E-state index contributed by atoms with van der Waals surface area (Å²) in [6.07, 6.45) is 0.0304. The molecule has 0 spiro atoms. The van der Waals surface area contributed by atoms with Crippen LogP contribution < -0.4 is 5.14 Å². The number of nitrogens with zero attached hydrogens (tertiary/aromatic N) is 1. The Balaban J connectivity index is 1.97. The second-order valence-corrected chi connectivity index (χ2v) is 8.70. The molecule has 0 fully saturated rings. The van der Waals surface area contributed by atoms with Gasteiger partial charge in [0.05, 0.1) is 0 Å². The van der Waals surface area contributed by atoms with Crippen molar-refractivity contribution in [1.29, 1.82) is 0 Å². The van der Waals surface area contributed by atoms with Gasteiger partial charge in [0.15, 0.2) is 6.10 Å². The monoisotopic (exact) mass is 426 g/mol. The van der Waals surface area contributed by atoms with Gasteiger partial charge in [-0.2, -0.15) is 0 Å². The zero-order chi connectivity index (χ0) is 22.1. The summed E-state index contributed by atoms with van der Waals surface area (Å²) in [7, 11) is -2.49. The highest BCUT2D eigenvalue weighted by atomic mass is 32.2. The summed E-state index contributed by atoms with van der Waals surface area (Å²) in [4.78, 5) is 25.8. The van der Waals surface area contributed by atoms with Crippen LogP contribution in [0.3, 0.4) is 0 Å². The van der Waals surface area contributed by atoms with Gasteiger partial charge in [-0.1, -0.05) is 59.7 Å². The number of Topliss-reactive ketones (excluding diaryl/α,β-unsaturated/α-hetero) is 1. The van der Waals surface area contributed by atoms with Gasteiger partial charge in [0.25, 0.3) is 0 Å². The van der Waals surface area contributed by atoms with Crippen LogP contribution in [0.25, 0.3) is 0 Å².